The van der Waals surface area contributed by atoms with Gasteiger partial charge in [-0.25, -0.2) is 23.5 Å². The maximum Gasteiger partial charge on any atom is 0.347 e. The van der Waals surface area contributed by atoms with Crippen LogP contribution in [0.4, 0.5) is 0 Å². The predicted molar refractivity (Wildman–Crippen MR) is 114 cm³/mol. The normalized spacial score (nSPS) is 18.0. The summed E-state index contributed by atoms with van der Waals surface area (Å²) in [5, 5.41) is 0. The molecule has 1 aliphatic rings. The number of carbonyl (C=O) groups is 1. The van der Waals surface area contributed by atoms with Crippen LogP contribution in [0, 0.1) is 0 Å². The molecule has 7 heteroatoms. The molecule has 1 aliphatic heterocycles. The Morgan fingerprint density at radius 1 is 0.862 bits per heavy atom. The van der Waals surface area contributed by atoms with Crippen molar-refractivity contribution < 1.29 is 9.53 Å². The molecule has 0 bridgehead atoms. The van der Waals surface area contributed by atoms with Gasteiger partial charge in [-0.3, -0.25) is 4.79 Å². The fourth-order valence-electron chi connectivity index (χ4n) is 4.06. The summed E-state index contributed by atoms with van der Waals surface area (Å²) in [6, 6.07) is -0.0491. The Labute approximate surface area is 173 Å². The summed E-state index contributed by atoms with van der Waals surface area (Å²) in [5.41, 5.74) is -0.422. The molecule has 7 nitrogen and oxygen atoms in total. The van der Waals surface area contributed by atoms with Crippen LogP contribution in [0.1, 0.15) is 96.1 Å². The minimum atomic E-state index is -0.212. The van der Waals surface area contributed by atoms with E-state index in [2.05, 4.69) is 23.8 Å². The van der Waals surface area contributed by atoms with Gasteiger partial charge in [-0.15, -0.1) is 0 Å². The highest BCUT2D eigenvalue weighted by Gasteiger charge is 2.27. The number of hydrogen-bond donors (Lipinski definition) is 0. The Hall–Kier alpha value is -2.05. The maximum absolute atomic E-state index is 12.6. The first kappa shape index (κ1) is 23.2. The minimum absolute atomic E-state index is 0.0161. The van der Waals surface area contributed by atoms with Crippen LogP contribution in [0.15, 0.2) is 21.7 Å². The van der Waals surface area contributed by atoms with Gasteiger partial charge in [0.1, 0.15) is 0 Å². The smallest absolute Gasteiger partial charge is 0.347 e. The fourth-order valence-corrected chi connectivity index (χ4v) is 4.06. The average Bonchev–Trinajstić information content (AvgIpc) is 2.96. The van der Waals surface area contributed by atoms with Gasteiger partial charge < -0.3 is 4.74 Å². The third-order valence-corrected chi connectivity index (χ3v) is 5.84. The SMILES string of the molecule is CCCCC1C=CC(CCCCCCCCCC(=O)OC)n2c(=O)n(C)c(=O)n21. The molecule has 164 valence electrons. The summed E-state index contributed by atoms with van der Waals surface area (Å²) in [4.78, 5) is 36.2. The third-order valence-electron chi connectivity index (χ3n) is 5.84. The van der Waals surface area contributed by atoms with Crippen LogP contribution in [0.25, 0.3) is 0 Å². The molecule has 0 fully saturated rings. The Morgan fingerprint density at radius 3 is 1.86 bits per heavy atom. The lowest BCUT2D eigenvalue weighted by atomic mass is 10.0. The fraction of sp³-hybridized carbons (Fsp3) is 0.773. The number of esters is 1. The molecule has 0 saturated carbocycles. The van der Waals surface area contributed by atoms with Gasteiger partial charge >= 0.3 is 17.3 Å². The van der Waals surface area contributed by atoms with Crippen molar-refractivity contribution >= 4 is 5.97 Å². The van der Waals surface area contributed by atoms with E-state index >= 15 is 0 Å². The van der Waals surface area contributed by atoms with Gasteiger partial charge in [0.2, 0.25) is 0 Å². The van der Waals surface area contributed by atoms with Crippen molar-refractivity contribution in [2.45, 2.75) is 96.1 Å². The molecule has 2 unspecified atom stereocenters. The Bertz CT molecular complexity index is 787. The lowest BCUT2D eigenvalue weighted by molar-refractivity contribution is -0.140. The number of hydrogen-bond acceptors (Lipinski definition) is 4. The largest absolute Gasteiger partial charge is 0.469 e. The van der Waals surface area contributed by atoms with E-state index in [0.717, 1.165) is 70.6 Å². The molecule has 2 rings (SSSR count). The van der Waals surface area contributed by atoms with E-state index in [1.54, 1.807) is 16.4 Å². The van der Waals surface area contributed by atoms with E-state index in [-0.39, 0.29) is 29.4 Å². The van der Waals surface area contributed by atoms with Crippen molar-refractivity contribution in [2.24, 2.45) is 7.05 Å². The molecule has 0 N–H and O–H groups in total. The molecule has 2 heterocycles. The van der Waals surface area contributed by atoms with Crippen molar-refractivity contribution in [3.63, 3.8) is 0 Å². The van der Waals surface area contributed by atoms with Crippen molar-refractivity contribution in [3.8, 4) is 0 Å². The number of fused-ring (bicyclic) bond motifs is 1. The molecular formula is C22H37N3O4. The van der Waals surface area contributed by atoms with E-state index in [4.69, 9.17) is 0 Å². The second-order valence-corrected chi connectivity index (χ2v) is 8.06. The van der Waals surface area contributed by atoms with Crippen LogP contribution in [0.5, 0.6) is 0 Å². The van der Waals surface area contributed by atoms with Crippen LogP contribution in [-0.4, -0.2) is 27.0 Å². The number of unbranched alkanes of at least 4 members (excludes halogenated alkanes) is 7. The van der Waals surface area contributed by atoms with Crippen LogP contribution >= 0.6 is 0 Å². The molecule has 0 saturated heterocycles. The van der Waals surface area contributed by atoms with Crippen LogP contribution < -0.4 is 11.4 Å². The second kappa shape index (κ2) is 11.8. The number of ether oxygens (including phenoxy) is 1. The lowest BCUT2D eigenvalue weighted by Gasteiger charge is -2.27. The van der Waals surface area contributed by atoms with Gasteiger partial charge in [0.05, 0.1) is 19.2 Å². The quantitative estimate of drug-likeness (QED) is 0.283. The van der Waals surface area contributed by atoms with Crippen LogP contribution in [0.3, 0.4) is 0 Å². The molecule has 0 amide bonds. The van der Waals surface area contributed by atoms with E-state index in [1.165, 1.54) is 11.7 Å². The van der Waals surface area contributed by atoms with Gasteiger partial charge in [-0.05, 0) is 19.3 Å². The van der Waals surface area contributed by atoms with Gasteiger partial charge in [-0.2, -0.15) is 0 Å². The third kappa shape index (κ3) is 6.21. The number of rotatable bonds is 13. The first-order valence-corrected chi connectivity index (χ1v) is 11.2. The number of methoxy groups -OCH3 is 1. The zero-order chi connectivity index (χ0) is 21.2. The summed E-state index contributed by atoms with van der Waals surface area (Å²) >= 11 is 0. The molecule has 29 heavy (non-hydrogen) atoms. The first-order chi connectivity index (χ1) is 14.0. The van der Waals surface area contributed by atoms with Gasteiger partial charge in [0.15, 0.2) is 0 Å². The number of allylic oxidation sites excluding steroid dienone is 2. The van der Waals surface area contributed by atoms with Gasteiger partial charge in [0, 0.05) is 13.5 Å². The first-order valence-electron chi connectivity index (χ1n) is 11.2. The van der Waals surface area contributed by atoms with Crippen molar-refractivity contribution in [3.05, 3.63) is 33.1 Å². The highest BCUT2D eigenvalue weighted by atomic mass is 16.5. The van der Waals surface area contributed by atoms with Gasteiger partial charge in [-0.1, -0.05) is 70.4 Å². The molecular weight excluding hydrogens is 370 g/mol. The molecule has 2 atom stereocenters. The predicted octanol–water partition coefficient (Wildman–Crippen LogP) is 3.87. The summed E-state index contributed by atoms with van der Waals surface area (Å²) in [6.45, 7) is 2.13. The lowest BCUT2D eigenvalue weighted by Crippen LogP contribution is -2.35. The summed E-state index contributed by atoms with van der Waals surface area (Å²) in [7, 11) is 3.00. The minimum Gasteiger partial charge on any atom is -0.469 e. The number of nitrogens with zero attached hydrogens (tertiary/aromatic N) is 3. The van der Waals surface area contributed by atoms with Crippen LogP contribution in [-0.2, 0) is 16.6 Å². The topological polar surface area (TPSA) is 75.2 Å². The van der Waals surface area contributed by atoms with E-state index in [9.17, 15) is 14.4 Å². The van der Waals surface area contributed by atoms with Crippen LogP contribution in [0.2, 0.25) is 0 Å². The molecule has 1 aromatic heterocycles. The second-order valence-electron chi connectivity index (χ2n) is 8.06. The summed E-state index contributed by atoms with van der Waals surface area (Å²) in [5.74, 6) is -0.128. The Morgan fingerprint density at radius 2 is 1.34 bits per heavy atom. The summed E-state index contributed by atoms with van der Waals surface area (Å²) in [6.07, 6.45) is 16.2. The molecule has 0 radical (unpaired) electrons. The zero-order valence-electron chi connectivity index (χ0n) is 18.3. The maximum atomic E-state index is 12.6. The molecule has 0 aromatic carbocycles. The van der Waals surface area contributed by atoms with Crippen molar-refractivity contribution in [2.75, 3.05) is 7.11 Å². The molecule has 1 aromatic rings. The highest BCUT2D eigenvalue weighted by molar-refractivity contribution is 5.68. The standard InChI is InChI=1S/C22H37N3O4/c1-4-5-13-18-16-17-19(25-22(28)23(2)21(27)24(18)25)14-11-9-7-6-8-10-12-15-20(26)29-3/h16-19H,4-15H2,1-3H3. The van der Waals surface area contributed by atoms with Gasteiger partial charge in [0.25, 0.3) is 0 Å². The van der Waals surface area contributed by atoms with E-state index in [1.807, 2.05) is 0 Å². The Kier molecular flexibility index (Phi) is 9.48. The van der Waals surface area contributed by atoms with Crippen molar-refractivity contribution in [1.29, 1.82) is 0 Å². The summed E-state index contributed by atoms with van der Waals surface area (Å²) < 4.78 is 9.22. The van der Waals surface area contributed by atoms with E-state index in [0.29, 0.717) is 6.42 Å². The number of carbonyl (C=O) groups excluding carboxylic acids is 1. The zero-order valence-corrected chi connectivity index (χ0v) is 18.3. The van der Waals surface area contributed by atoms with Crippen molar-refractivity contribution in [1.82, 2.24) is 13.9 Å². The Balaban J connectivity index is 1.79. The molecule has 0 spiro atoms. The highest BCUT2D eigenvalue weighted by Crippen LogP contribution is 2.26. The van der Waals surface area contributed by atoms with E-state index < -0.39 is 0 Å². The average molecular weight is 408 g/mol. The number of aromatic nitrogens is 3. The molecule has 0 aliphatic carbocycles. The monoisotopic (exact) mass is 407 g/mol.